The van der Waals surface area contributed by atoms with Crippen LogP contribution in [0.3, 0.4) is 0 Å². The number of rotatable bonds is 0. The van der Waals surface area contributed by atoms with Crippen LogP contribution < -0.4 is 0 Å². The molecule has 1 heterocycles. The zero-order chi connectivity index (χ0) is 7.90. The van der Waals surface area contributed by atoms with Gasteiger partial charge in [0.05, 0.1) is 0 Å². The van der Waals surface area contributed by atoms with Gasteiger partial charge in [-0.1, -0.05) is 11.8 Å². The normalized spacial score (nSPS) is 31.1. The maximum absolute atomic E-state index is 12.3. The topological polar surface area (TPSA) is 18.5 Å². The van der Waals surface area contributed by atoms with Crippen LogP contribution in [0.1, 0.15) is 0 Å². The molecule has 1 saturated heterocycles. The third-order valence-corrected chi connectivity index (χ3v) is 1.36. The van der Waals surface area contributed by atoms with Crippen molar-refractivity contribution in [1.82, 2.24) is 0 Å². The van der Waals surface area contributed by atoms with Gasteiger partial charge in [0.2, 0.25) is 0 Å². The quantitative estimate of drug-likeness (QED) is 0.498. The first-order valence-electron chi connectivity index (χ1n) is 3.05. The van der Waals surface area contributed by atoms with E-state index in [1.54, 1.807) is 6.08 Å². The lowest BCUT2D eigenvalue weighted by Gasteiger charge is -2.03. The molecule has 1 unspecified atom stereocenters. The van der Waals surface area contributed by atoms with Gasteiger partial charge in [0, 0.05) is 0 Å². The van der Waals surface area contributed by atoms with Crippen molar-refractivity contribution in [2.45, 2.75) is 12.4 Å². The second-order valence-corrected chi connectivity index (χ2v) is 2.16. The van der Waals surface area contributed by atoms with Gasteiger partial charge >= 0.3 is 6.29 Å². The van der Waals surface area contributed by atoms with Crippen molar-refractivity contribution in [2.75, 3.05) is 0 Å². The molecule has 0 aromatic carbocycles. The molecule has 4 heteroatoms. The lowest BCUT2D eigenvalue weighted by molar-refractivity contribution is -0.339. The van der Waals surface area contributed by atoms with E-state index in [4.69, 9.17) is 0 Å². The van der Waals surface area contributed by atoms with Gasteiger partial charge in [-0.15, -0.1) is 8.78 Å². The second-order valence-electron chi connectivity index (χ2n) is 2.16. The fourth-order valence-corrected chi connectivity index (χ4v) is 0.936. The predicted molar refractivity (Wildman–Crippen MR) is 31.6 cm³/mol. The van der Waals surface area contributed by atoms with Crippen molar-refractivity contribution in [3.05, 3.63) is 29.7 Å². The van der Waals surface area contributed by atoms with Crippen LogP contribution in [0.15, 0.2) is 29.7 Å². The van der Waals surface area contributed by atoms with E-state index in [9.17, 15) is 8.78 Å². The molecular weight excluding hydrogens is 154 g/mol. The van der Waals surface area contributed by atoms with Crippen LogP contribution in [0.5, 0.6) is 0 Å². The third kappa shape index (κ3) is 1.06. The fraction of sp³-hybridized carbons (Fsp3) is 0.286. The fourth-order valence-electron chi connectivity index (χ4n) is 0.936. The number of halogens is 2. The monoisotopic (exact) mass is 158 g/mol. The zero-order valence-corrected chi connectivity index (χ0v) is 5.38. The van der Waals surface area contributed by atoms with Gasteiger partial charge in [-0.2, -0.15) is 0 Å². The molecule has 0 radical (unpaired) electrons. The van der Waals surface area contributed by atoms with Crippen LogP contribution in [0, 0.1) is 0 Å². The van der Waals surface area contributed by atoms with E-state index in [1.807, 2.05) is 0 Å². The molecular formula is C7H4F2O2. The minimum absolute atomic E-state index is 0.0394. The first-order valence-corrected chi connectivity index (χ1v) is 3.05. The standard InChI is InChI=1S/C7H4F2O2/c8-7(9)10-5-3-1-2-4-6(5)11-7/h1-3,5H. The molecule has 2 aliphatic rings. The molecule has 2 rings (SSSR count). The molecule has 0 saturated carbocycles. The molecule has 0 spiro atoms. The van der Waals surface area contributed by atoms with Gasteiger partial charge in [0.25, 0.3) is 0 Å². The number of hydrogen-bond acceptors (Lipinski definition) is 2. The van der Waals surface area contributed by atoms with E-state index in [1.165, 1.54) is 12.2 Å². The number of allylic oxidation sites excluding steroid dienone is 1. The summed E-state index contributed by atoms with van der Waals surface area (Å²) >= 11 is 0. The van der Waals surface area contributed by atoms with E-state index in [2.05, 4.69) is 15.2 Å². The summed E-state index contributed by atoms with van der Waals surface area (Å²) in [6.45, 7) is 0. The Morgan fingerprint density at radius 3 is 3.09 bits per heavy atom. The van der Waals surface area contributed by atoms with Crippen LogP contribution in [0.25, 0.3) is 0 Å². The van der Waals surface area contributed by atoms with Crippen molar-refractivity contribution in [3.63, 3.8) is 0 Å². The van der Waals surface area contributed by atoms with E-state index >= 15 is 0 Å². The van der Waals surface area contributed by atoms with Crippen molar-refractivity contribution in [1.29, 1.82) is 0 Å². The molecule has 0 aromatic rings. The Morgan fingerprint density at radius 1 is 1.55 bits per heavy atom. The molecule has 11 heavy (non-hydrogen) atoms. The molecule has 1 aliphatic carbocycles. The average Bonchev–Trinajstić information content (AvgIpc) is 2.21. The number of alkyl halides is 2. The summed E-state index contributed by atoms with van der Waals surface area (Å²) in [6, 6.07) is 0. The summed E-state index contributed by atoms with van der Waals surface area (Å²) < 4.78 is 32.9. The summed E-state index contributed by atoms with van der Waals surface area (Å²) in [4.78, 5) is 0. The van der Waals surface area contributed by atoms with Crippen molar-refractivity contribution >= 4 is 0 Å². The van der Waals surface area contributed by atoms with Gasteiger partial charge < -0.3 is 4.74 Å². The van der Waals surface area contributed by atoms with E-state index < -0.39 is 12.4 Å². The van der Waals surface area contributed by atoms with Crippen LogP contribution in [0.2, 0.25) is 0 Å². The van der Waals surface area contributed by atoms with E-state index in [-0.39, 0.29) is 5.76 Å². The Labute approximate surface area is 61.4 Å². The van der Waals surface area contributed by atoms with Crippen molar-refractivity contribution in [3.8, 4) is 0 Å². The highest BCUT2D eigenvalue weighted by molar-refractivity contribution is 5.22. The summed E-state index contributed by atoms with van der Waals surface area (Å²) in [5.41, 5.74) is 2.51. The number of hydrogen-bond donors (Lipinski definition) is 0. The molecule has 1 fully saturated rings. The second kappa shape index (κ2) is 1.94. The SMILES string of the molecule is FC1(F)OC2=C=CC=CC2O1. The molecule has 2 nitrogen and oxygen atoms in total. The van der Waals surface area contributed by atoms with Crippen LogP contribution >= 0.6 is 0 Å². The Bertz CT molecular complexity index is 274. The van der Waals surface area contributed by atoms with Gasteiger partial charge in [-0.3, -0.25) is 4.74 Å². The smallest absolute Gasteiger partial charge is 0.402 e. The lowest BCUT2D eigenvalue weighted by atomic mass is 10.2. The largest absolute Gasteiger partial charge is 0.536 e. The zero-order valence-electron chi connectivity index (χ0n) is 5.38. The molecule has 0 aromatic heterocycles. The first kappa shape index (κ1) is 6.58. The maximum Gasteiger partial charge on any atom is 0.536 e. The molecule has 0 amide bonds. The number of fused-ring (bicyclic) bond motifs is 1. The maximum atomic E-state index is 12.3. The van der Waals surface area contributed by atoms with Crippen molar-refractivity contribution in [2.24, 2.45) is 0 Å². The molecule has 0 bridgehead atoms. The van der Waals surface area contributed by atoms with Crippen LogP contribution in [-0.2, 0) is 9.47 Å². The molecule has 1 atom stereocenters. The highest BCUT2D eigenvalue weighted by atomic mass is 19.3. The molecule has 0 N–H and O–H groups in total. The highest BCUT2D eigenvalue weighted by Crippen LogP contribution is 2.34. The third-order valence-electron chi connectivity index (χ3n) is 1.36. The lowest BCUT2D eigenvalue weighted by Crippen LogP contribution is -2.16. The first-order chi connectivity index (χ1) is 5.17. The Balaban J connectivity index is 2.33. The van der Waals surface area contributed by atoms with E-state index in [0.29, 0.717) is 0 Å². The van der Waals surface area contributed by atoms with Crippen LogP contribution in [0.4, 0.5) is 8.78 Å². The Hall–Kier alpha value is -1.12. The van der Waals surface area contributed by atoms with Gasteiger partial charge in [-0.25, -0.2) is 0 Å². The highest BCUT2D eigenvalue weighted by Gasteiger charge is 2.46. The summed E-state index contributed by atoms with van der Waals surface area (Å²) in [6.07, 6.45) is 0.299. The average molecular weight is 158 g/mol. The Morgan fingerprint density at radius 2 is 2.36 bits per heavy atom. The van der Waals surface area contributed by atoms with Gasteiger partial charge in [0.15, 0.2) is 11.9 Å². The van der Waals surface area contributed by atoms with Gasteiger partial charge in [-0.05, 0) is 12.2 Å². The minimum Gasteiger partial charge on any atom is -0.402 e. The molecule has 58 valence electrons. The van der Waals surface area contributed by atoms with Crippen LogP contribution in [-0.4, -0.2) is 12.4 Å². The minimum atomic E-state index is -3.49. The Kier molecular flexibility index (Phi) is 1.16. The van der Waals surface area contributed by atoms with E-state index in [0.717, 1.165) is 0 Å². The molecule has 1 aliphatic heterocycles. The van der Waals surface area contributed by atoms with Gasteiger partial charge in [0.1, 0.15) is 0 Å². The van der Waals surface area contributed by atoms with Crippen molar-refractivity contribution < 1.29 is 18.3 Å². The summed E-state index contributed by atoms with van der Waals surface area (Å²) in [5, 5.41) is 0. The summed E-state index contributed by atoms with van der Waals surface area (Å²) in [7, 11) is 0. The predicted octanol–water partition coefficient (Wildman–Crippen LogP) is 1.56. The summed E-state index contributed by atoms with van der Waals surface area (Å²) in [5.74, 6) is 0.0394. The number of ether oxygens (including phenoxy) is 2.